The van der Waals surface area contributed by atoms with Gasteiger partial charge >= 0.3 is 0 Å². The Bertz CT molecular complexity index is 591. The number of rotatable bonds is 6. The third kappa shape index (κ3) is 3.38. The molecule has 3 N–H and O–H groups in total. The van der Waals surface area contributed by atoms with Crippen LogP contribution in [0.1, 0.15) is 31.0 Å². The molecule has 0 aliphatic carbocycles. The molecule has 5 heteroatoms. The number of primary amides is 1. The smallest absolute Gasteiger partial charge is 0.221 e. The summed E-state index contributed by atoms with van der Waals surface area (Å²) in [6.45, 7) is 4.97. The molecule has 1 amide bonds. The van der Waals surface area contributed by atoms with Crippen molar-refractivity contribution in [2.45, 2.75) is 32.9 Å². The second kappa shape index (κ2) is 6.23. The van der Waals surface area contributed by atoms with Crippen molar-refractivity contribution in [2.75, 3.05) is 5.32 Å². The van der Waals surface area contributed by atoms with Crippen LogP contribution in [-0.4, -0.2) is 15.7 Å². The molecule has 1 heterocycles. The second-order valence-corrected chi connectivity index (χ2v) is 4.80. The average Bonchev–Trinajstić information content (AvgIpc) is 2.89. The zero-order valence-corrected chi connectivity index (χ0v) is 11.8. The first-order valence-electron chi connectivity index (χ1n) is 6.75. The molecule has 0 aliphatic rings. The minimum atomic E-state index is -0.328. The maximum absolute atomic E-state index is 11.1. The molecule has 1 atom stereocenters. The van der Waals surface area contributed by atoms with Crippen molar-refractivity contribution < 1.29 is 4.79 Å². The van der Waals surface area contributed by atoms with Gasteiger partial charge in [0.05, 0.1) is 18.7 Å². The van der Waals surface area contributed by atoms with Crippen molar-refractivity contribution in [3.8, 4) is 0 Å². The first kappa shape index (κ1) is 14.1. The number of nitrogens with one attached hydrogen (secondary N) is 1. The number of carbonyl (C=O) groups is 1. The van der Waals surface area contributed by atoms with E-state index < -0.39 is 0 Å². The molecule has 0 fully saturated rings. The van der Waals surface area contributed by atoms with Crippen LogP contribution in [0.25, 0.3) is 0 Å². The van der Waals surface area contributed by atoms with Crippen LogP contribution in [0, 0.1) is 0 Å². The van der Waals surface area contributed by atoms with Crippen molar-refractivity contribution in [1.82, 2.24) is 9.78 Å². The Morgan fingerprint density at radius 1 is 1.45 bits per heavy atom. The van der Waals surface area contributed by atoms with Gasteiger partial charge in [-0.2, -0.15) is 5.10 Å². The van der Waals surface area contributed by atoms with Gasteiger partial charge in [-0.25, -0.2) is 0 Å². The van der Waals surface area contributed by atoms with E-state index in [4.69, 9.17) is 5.73 Å². The second-order valence-electron chi connectivity index (χ2n) is 4.80. The van der Waals surface area contributed by atoms with Gasteiger partial charge in [0.15, 0.2) is 0 Å². The molecule has 0 saturated heterocycles. The van der Waals surface area contributed by atoms with E-state index in [-0.39, 0.29) is 18.4 Å². The molecule has 20 heavy (non-hydrogen) atoms. The van der Waals surface area contributed by atoms with Crippen molar-refractivity contribution >= 4 is 11.6 Å². The lowest BCUT2D eigenvalue weighted by molar-refractivity contribution is -0.117. The molecule has 0 saturated carbocycles. The van der Waals surface area contributed by atoms with Crippen molar-refractivity contribution in [3.05, 3.63) is 47.8 Å². The molecule has 0 radical (unpaired) electrons. The number of carbonyl (C=O) groups excluding carboxylic acids is 1. The molecule has 1 aromatic heterocycles. The van der Waals surface area contributed by atoms with Crippen LogP contribution < -0.4 is 11.1 Å². The van der Waals surface area contributed by atoms with E-state index in [1.54, 1.807) is 0 Å². The number of aromatic nitrogens is 2. The van der Waals surface area contributed by atoms with Gasteiger partial charge in [0.2, 0.25) is 5.91 Å². The van der Waals surface area contributed by atoms with Crippen LogP contribution in [0.2, 0.25) is 0 Å². The van der Waals surface area contributed by atoms with Gasteiger partial charge < -0.3 is 11.1 Å². The standard InChI is InChI=1S/C15H20N4O/c1-3-19-10-13(9-17-19)11(2)18-14-7-5-4-6-12(14)8-15(16)20/h4-7,9-11,18H,3,8H2,1-2H3,(H2,16,20). The Labute approximate surface area is 118 Å². The summed E-state index contributed by atoms with van der Waals surface area (Å²) in [4.78, 5) is 11.1. The van der Waals surface area contributed by atoms with Gasteiger partial charge in [0, 0.05) is 24.0 Å². The zero-order chi connectivity index (χ0) is 14.5. The van der Waals surface area contributed by atoms with Crippen molar-refractivity contribution in [1.29, 1.82) is 0 Å². The van der Waals surface area contributed by atoms with E-state index in [1.165, 1.54) is 0 Å². The summed E-state index contributed by atoms with van der Waals surface area (Å²) >= 11 is 0. The summed E-state index contributed by atoms with van der Waals surface area (Å²) < 4.78 is 1.89. The van der Waals surface area contributed by atoms with Crippen LogP contribution in [0.15, 0.2) is 36.7 Å². The Morgan fingerprint density at radius 3 is 2.85 bits per heavy atom. The summed E-state index contributed by atoms with van der Waals surface area (Å²) in [6, 6.07) is 7.83. The largest absolute Gasteiger partial charge is 0.378 e. The number of hydrogen-bond donors (Lipinski definition) is 2. The van der Waals surface area contributed by atoms with Crippen LogP contribution >= 0.6 is 0 Å². The number of para-hydroxylation sites is 1. The Hall–Kier alpha value is -2.30. The van der Waals surface area contributed by atoms with Crippen LogP contribution in [0.3, 0.4) is 0 Å². The summed E-state index contributed by atoms with van der Waals surface area (Å²) in [6.07, 6.45) is 4.12. The molecule has 0 bridgehead atoms. The molecule has 0 spiro atoms. The lowest BCUT2D eigenvalue weighted by Gasteiger charge is -2.16. The molecular formula is C15H20N4O. The maximum Gasteiger partial charge on any atom is 0.221 e. The van der Waals surface area contributed by atoms with Gasteiger partial charge in [-0.3, -0.25) is 9.48 Å². The Balaban J connectivity index is 2.14. The van der Waals surface area contributed by atoms with E-state index in [1.807, 2.05) is 41.3 Å². The highest BCUT2D eigenvalue weighted by Crippen LogP contribution is 2.22. The van der Waals surface area contributed by atoms with E-state index in [0.29, 0.717) is 0 Å². The van der Waals surface area contributed by atoms with E-state index in [9.17, 15) is 4.79 Å². The summed E-state index contributed by atoms with van der Waals surface area (Å²) in [7, 11) is 0. The first-order chi connectivity index (χ1) is 9.60. The first-order valence-corrected chi connectivity index (χ1v) is 6.75. The highest BCUT2D eigenvalue weighted by Gasteiger charge is 2.11. The van der Waals surface area contributed by atoms with Gasteiger partial charge in [-0.15, -0.1) is 0 Å². The Morgan fingerprint density at radius 2 is 2.20 bits per heavy atom. The number of nitrogens with zero attached hydrogens (tertiary/aromatic N) is 2. The van der Waals surface area contributed by atoms with Crippen LogP contribution in [-0.2, 0) is 17.8 Å². The molecule has 0 aliphatic heterocycles. The van der Waals surface area contributed by atoms with Crippen LogP contribution in [0.5, 0.6) is 0 Å². The van der Waals surface area contributed by atoms with Gasteiger partial charge in [0.25, 0.3) is 0 Å². The van der Waals surface area contributed by atoms with Crippen molar-refractivity contribution in [2.24, 2.45) is 5.73 Å². The highest BCUT2D eigenvalue weighted by atomic mass is 16.1. The SMILES string of the molecule is CCn1cc(C(C)Nc2ccccc2CC(N)=O)cn1. The lowest BCUT2D eigenvalue weighted by atomic mass is 10.1. The highest BCUT2D eigenvalue weighted by molar-refractivity contribution is 5.78. The average molecular weight is 272 g/mol. The maximum atomic E-state index is 11.1. The minimum absolute atomic E-state index is 0.115. The normalized spacial score (nSPS) is 12.1. The van der Waals surface area contributed by atoms with Gasteiger partial charge in [0.1, 0.15) is 0 Å². The number of amides is 1. The summed E-state index contributed by atoms with van der Waals surface area (Å²) in [5, 5.41) is 7.68. The Kier molecular flexibility index (Phi) is 4.40. The predicted molar refractivity (Wildman–Crippen MR) is 79.3 cm³/mol. The quantitative estimate of drug-likeness (QED) is 0.845. The van der Waals surface area contributed by atoms with E-state index >= 15 is 0 Å². The molecule has 5 nitrogen and oxygen atoms in total. The lowest BCUT2D eigenvalue weighted by Crippen LogP contribution is -2.16. The molecule has 1 unspecified atom stereocenters. The number of nitrogens with two attached hydrogens (primary N) is 1. The van der Waals surface area contributed by atoms with Crippen molar-refractivity contribution in [3.63, 3.8) is 0 Å². The molecule has 106 valence electrons. The molecule has 2 aromatic rings. The zero-order valence-electron chi connectivity index (χ0n) is 11.8. The minimum Gasteiger partial charge on any atom is -0.378 e. The van der Waals surface area contributed by atoms with Crippen LogP contribution in [0.4, 0.5) is 5.69 Å². The molecule has 1 aromatic carbocycles. The van der Waals surface area contributed by atoms with E-state index in [2.05, 4.69) is 24.3 Å². The number of benzene rings is 1. The third-order valence-electron chi connectivity index (χ3n) is 3.23. The fourth-order valence-corrected chi connectivity index (χ4v) is 2.10. The van der Waals surface area contributed by atoms with Gasteiger partial charge in [-0.05, 0) is 25.5 Å². The third-order valence-corrected chi connectivity index (χ3v) is 3.23. The number of aryl methyl sites for hydroxylation is 1. The fraction of sp³-hybridized carbons (Fsp3) is 0.333. The summed E-state index contributed by atoms with van der Waals surface area (Å²) in [5.41, 5.74) is 8.23. The van der Waals surface area contributed by atoms with E-state index in [0.717, 1.165) is 23.4 Å². The fourth-order valence-electron chi connectivity index (χ4n) is 2.10. The predicted octanol–water partition coefficient (Wildman–Crippen LogP) is 2.10. The molecule has 2 rings (SSSR count). The number of hydrogen-bond acceptors (Lipinski definition) is 3. The number of anilines is 1. The monoisotopic (exact) mass is 272 g/mol. The molecular weight excluding hydrogens is 252 g/mol. The van der Waals surface area contributed by atoms with Gasteiger partial charge in [-0.1, -0.05) is 18.2 Å². The summed E-state index contributed by atoms with van der Waals surface area (Å²) in [5.74, 6) is -0.328. The topological polar surface area (TPSA) is 72.9 Å².